The minimum atomic E-state index is 0.0772. The van der Waals surface area contributed by atoms with E-state index in [0.717, 1.165) is 19.3 Å². The molecule has 104 valence electrons. The molecule has 6 nitrogen and oxygen atoms in total. The van der Waals surface area contributed by atoms with E-state index < -0.39 is 0 Å². The molecule has 1 aliphatic carbocycles. The summed E-state index contributed by atoms with van der Waals surface area (Å²) in [7, 11) is 0. The molecule has 0 atom stereocenters. The van der Waals surface area contributed by atoms with Crippen molar-refractivity contribution in [3.8, 4) is 5.88 Å². The molecule has 1 aromatic rings. The summed E-state index contributed by atoms with van der Waals surface area (Å²) in [6, 6.07) is 2.13. The first kappa shape index (κ1) is 13.6. The van der Waals surface area contributed by atoms with E-state index in [9.17, 15) is 4.79 Å². The molecule has 1 amide bonds. The molecule has 1 heterocycles. The lowest BCUT2D eigenvalue weighted by Crippen LogP contribution is -2.27. The van der Waals surface area contributed by atoms with Crippen molar-refractivity contribution < 1.29 is 9.53 Å². The van der Waals surface area contributed by atoms with Gasteiger partial charge in [0.1, 0.15) is 0 Å². The number of rotatable bonds is 8. The molecular formula is C13H20N4O2. The summed E-state index contributed by atoms with van der Waals surface area (Å²) in [4.78, 5) is 19.8. The molecule has 0 aliphatic heterocycles. The van der Waals surface area contributed by atoms with Gasteiger partial charge in [-0.2, -0.15) is 4.98 Å². The molecule has 6 heteroatoms. The number of amides is 1. The van der Waals surface area contributed by atoms with Crippen molar-refractivity contribution in [3.05, 3.63) is 12.3 Å². The van der Waals surface area contributed by atoms with Crippen molar-refractivity contribution in [2.45, 2.75) is 38.6 Å². The Morgan fingerprint density at radius 3 is 3.11 bits per heavy atom. The summed E-state index contributed by atoms with van der Waals surface area (Å²) < 4.78 is 5.41. The first-order valence-electron chi connectivity index (χ1n) is 6.77. The van der Waals surface area contributed by atoms with Gasteiger partial charge in [0.15, 0.2) is 0 Å². The molecule has 0 aromatic carbocycles. The van der Waals surface area contributed by atoms with Crippen molar-refractivity contribution in [1.29, 1.82) is 0 Å². The van der Waals surface area contributed by atoms with Crippen LogP contribution in [0.3, 0.4) is 0 Å². The van der Waals surface area contributed by atoms with Crippen LogP contribution in [0.15, 0.2) is 12.3 Å². The van der Waals surface area contributed by atoms with Gasteiger partial charge in [-0.05, 0) is 19.3 Å². The van der Waals surface area contributed by atoms with Gasteiger partial charge >= 0.3 is 0 Å². The Balaban J connectivity index is 1.70. The standard InChI is InChI=1S/C13H20N4O2/c1-2-9-19-12-6-8-15-13(17-12)14-7-5-11(18)16-10-3-4-10/h6,8,10H,2-5,7,9H2,1H3,(H,16,18)(H,14,15,17). The van der Waals surface area contributed by atoms with Gasteiger partial charge in [-0.3, -0.25) is 4.79 Å². The number of nitrogens with one attached hydrogen (secondary N) is 2. The third kappa shape index (κ3) is 5.11. The molecule has 2 rings (SSSR count). The maximum absolute atomic E-state index is 11.5. The minimum Gasteiger partial charge on any atom is -0.478 e. The number of ether oxygens (including phenoxy) is 1. The summed E-state index contributed by atoms with van der Waals surface area (Å²) in [5, 5.41) is 5.96. The Bertz CT molecular complexity index is 421. The molecule has 0 spiro atoms. The lowest BCUT2D eigenvalue weighted by atomic mass is 10.4. The average Bonchev–Trinajstić information content (AvgIpc) is 3.21. The maximum atomic E-state index is 11.5. The second-order valence-corrected chi connectivity index (χ2v) is 4.59. The molecule has 0 unspecified atom stereocenters. The predicted octanol–water partition coefficient (Wildman–Crippen LogP) is 1.35. The van der Waals surface area contributed by atoms with E-state index in [0.29, 0.717) is 37.4 Å². The Morgan fingerprint density at radius 1 is 1.53 bits per heavy atom. The van der Waals surface area contributed by atoms with Crippen LogP contribution in [-0.2, 0) is 4.79 Å². The van der Waals surface area contributed by atoms with Gasteiger partial charge in [0.25, 0.3) is 0 Å². The van der Waals surface area contributed by atoms with Crippen LogP contribution < -0.4 is 15.4 Å². The van der Waals surface area contributed by atoms with Gasteiger partial charge in [-0.1, -0.05) is 6.92 Å². The van der Waals surface area contributed by atoms with Crippen LogP contribution in [0.1, 0.15) is 32.6 Å². The zero-order valence-electron chi connectivity index (χ0n) is 11.2. The molecule has 0 radical (unpaired) electrons. The molecule has 1 aromatic heterocycles. The fraction of sp³-hybridized carbons (Fsp3) is 0.615. The quantitative estimate of drug-likeness (QED) is 0.741. The van der Waals surface area contributed by atoms with Crippen molar-refractivity contribution in [3.63, 3.8) is 0 Å². The summed E-state index contributed by atoms with van der Waals surface area (Å²) in [5.41, 5.74) is 0. The highest BCUT2D eigenvalue weighted by Gasteiger charge is 2.22. The van der Waals surface area contributed by atoms with Gasteiger partial charge in [0.05, 0.1) is 6.61 Å². The first-order chi connectivity index (χ1) is 9.28. The monoisotopic (exact) mass is 264 g/mol. The van der Waals surface area contributed by atoms with E-state index in [-0.39, 0.29) is 5.91 Å². The zero-order chi connectivity index (χ0) is 13.5. The Labute approximate surface area is 113 Å². The largest absolute Gasteiger partial charge is 0.478 e. The topological polar surface area (TPSA) is 76.1 Å². The number of carbonyl (C=O) groups is 1. The van der Waals surface area contributed by atoms with E-state index in [1.165, 1.54) is 0 Å². The Morgan fingerprint density at radius 2 is 2.37 bits per heavy atom. The van der Waals surface area contributed by atoms with Crippen molar-refractivity contribution in [2.75, 3.05) is 18.5 Å². The van der Waals surface area contributed by atoms with E-state index in [4.69, 9.17) is 4.74 Å². The predicted molar refractivity (Wildman–Crippen MR) is 72.1 cm³/mol. The van der Waals surface area contributed by atoms with Gasteiger partial charge in [-0.25, -0.2) is 4.98 Å². The van der Waals surface area contributed by atoms with Crippen molar-refractivity contribution in [2.24, 2.45) is 0 Å². The third-order valence-corrected chi connectivity index (χ3v) is 2.66. The van der Waals surface area contributed by atoms with E-state index >= 15 is 0 Å². The summed E-state index contributed by atoms with van der Waals surface area (Å²) in [5.74, 6) is 1.13. The molecular weight excluding hydrogens is 244 g/mol. The molecule has 1 saturated carbocycles. The van der Waals surface area contributed by atoms with Gasteiger partial charge in [-0.15, -0.1) is 0 Å². The molecule has 0 bridgehead atoms. The van der Waals surface area contributed by atoms with Crippen LogP contribution in [0.4, 0.5) is 5.95 Å². The Kier molecular flexibility index (Phi) is 4.94. The van der Waals surface area contributed by atoms with E-state index in [1.54, 1.807) is 12.3 Å². The SMILES string of the molecule is CCCOc1ccnc(NCCC(=O)NC2CC2)n1. The van der Waals surface area contributed by atoms with Crippen molar-refractivity contribution >= 4 is 11.9 Å². The van der Waals surface area contributed by atoms with Crippen molar-refractivity contribution in [1.82, 2.24) is 15.3 Å². The lowest BCUT2D eigenvalue weighted by molar-refractivity contribution is -0.120. The van der Waals surface area contributed by atoms with Crippen LogP contribution in [0, 0.1) is 0 Å². The van der Waals surface area contributed by atoms with Gasteiger partial charge in [0, 0.05) is 31.3 Å². The van der Waals surface area contributed by atoms with Gasteiger partial charge in [0.2, 0.25) is 17.7 Å². The van der Waals surface area contributed by atoms with Crippen LogP contribution in [0.5, 0.6) is 5.88 Å². The zero-order valence-corrected chi connectivity index (χ0v) is 11.2. The minimum absolute atomic E-state index is 0.0772. The molecule has 0 saturated heterocycles. The number of aromatic nitrogens is 2. The van der Waals surface area contributed by atoms with E-state index in [2.05, 4.69) is 20.6 Å². The summed E-state index contributed by atoms with van der Waals surface area (Å²) >= 11 is 0. The maximum Gasteiger partial charge on any atom is 0.225 e. The van der Waals surface area contributed by atoms with Gasteiger partial charge < -0.3 is 15.4 Å². The fourth-order valence-corrected chi connectivity index (χ4v) is 1.53. The number of anilines is 1. The molecule has 2 N–H and O–H groups in total. The fourth-order valence-electron chi connectivity index (χ4n) is 1.53. The molecule has 19 heavy (non-hydrogen) atoms. The van der Waals surface area contributed by atoms with Crippen LogP contribution in [0.2, 0.25) is 0 Å². The lowest BCUT2D eigenvalue weighted by Gasteiger charge is -2.07. The molecule has 1 fully saturated rings. The summed E-state index contributed by atoms with van der Waals surface area (Å²) in [6.45, 7) is 3.20. The number of hydrogen-bond acceptors (Lipinski definition) is 5. The normalized spacial score (nSPS) is 13.9. The third-order valence-electron chi connectivity index (χ3n) is 2.66. The molecule has 1 aliphatic rings. The second-order valence-electron chi connectivity index (χ2n) is 4.59. The van der Waals surface area contributed by atoms with Crippen LogP contribution >= 0.6 is 0 Å². The first-order valence-corrected chi connectivity index (χ1v) is 6.77. The van der Waals surface area contributed by atoms with E-state index in [1.807, 2.05) is 6.92 Å². The highest BCUT2D eigenvalue weighted by molar-refractivity contribution is 5.77. The average molecular weight is 264 g/mol. The number of nitrogens with zero attached hydrogens (tertiary/aromatic N) is 2. The number of hydrogen-bond donors (Lipinski definition) is 2. The second kappa shape index (κ2) is 6.92. The smallest absolute Gasteiger partial charge is 0.225 e. The highest BCUT2D eigenvalue weighted by atomic mass is 16.5. The number of carbonyl (C=O) groups excluding carboxylic acids is 1. The van der Waals surface area contributed by atoms with Crippen LogP contribution in [-0.4, -0.2) is 35.1 Å². The highest BCUT2D eigenvalue weighted by Crippen LogP contribution is 2.18. The van der Waals surface area contributed by atoms with Crippen LogP contribution in [0.25, 0.3) is 0 Å². The Hall–Kier alpha value is -1.85. The summed E-state index contributed by atoms with van der Waals surface area (Å²) in [6.07, 6.45) is 5.23.